The van der Waals surface area contributed by atoms with Crippen molar-refractivity contribution in [3.63, 3.8) is 0 Å². The Bertz CT molecular complexity index is 516. The molecular formula is C15H21N3O. The lowest BCUT2D eigenvalue weighted by Gasteiger charge is -2.16. The summed E-state index contributed by atoms with van der Waals surface area (Å²) in [5, 5.41) is 4.15. The summed E-state index contributed by atoms with van der Waals surface area (Å²) in [5.41, 5.74) is 8.08. The summed E-state index contributed by atoms with van der Waals surface area (Å²) >= 11 is 0. The van der Waals surface area contributed by atoms with Crippen molar-refractivity contribution >= 4 is 0 Å². The number of hydrogen-bond acceptors (Lipinski definition) is 3. The van der Waals surface area contributed by atoms with E-state index in [1.807, 2.05) is 25.4 Å². The maximum absolute atomic E-state index is 5.92. The van der Waals surface area contributed by atoms with Crippen molar-refractivity contribution in [1.82, 2.24) is 9.78 Å². The Kier molecular flexibility index (Phi) is 4.22. The van der Waals surface area contributed by atoms with Crippen LogP contribution in [-0.4, -0.2) is 16.3 Å². The Morgan fingerprint density at radius 3 is 2.37 bits per heavy atom. The van der Waals surface area contributed by atoms with E-state index < -0.39 is 0 Å². The molecule has 0 aliphatic rings. The summed E-state index contributed by atoms with van der Waals surface area (Å²) in [6.07, 6.45) is 3.57. The standard InChI is InChI=1S/C15H21N3O/c1-11(2)12-4-6-14(7-5-12)19-15(8-16)13-9-17-18(3)10-13/h4-7,9-11,15H,8,16H2,1-3H3. The Balaban J connectivity index is 2.10. The van der Waals surface area contributed by atoms with Crippen molar-refractivity contribution in [3.05, 3.63) is 47.8 Å². The minimum atomic E-state index is -0.154. The largest absolute Gasteiger partial charge is 0.484 e. The van der Waals surface area contributed by atoms with Crippen LogP contribution in [-0.2, 0) is 7.05 Å². The molecule has 0 fully saturated rings. The Morgan fingerprint density at radius 2 is 1.89 bits per heavy atom. The molecule has 0 bridgehead atoms. The van der Waals surface area contributed by atoms with Gasteiger partial charge in [0, 0.05) is 25.4 Å². The first kappa shape index (κ1) is 13.6. The highest BCUT2D eigenvalue weighted by molar-refractivity contribution is 5.29. The van der Waals surface area contributed by atoms with E-state index >= 15 is 0 Å². The molecule has 19 heavy (non-hydrogen) atoms. The topological polar surface area (TPSA) is 53.1 Å². The summed E-state index contributed by atoms with van der Waals surface area (Å²) in [5.74, 6) is 1.36. The van der Waals surface area contributed by atoms with E-state index in [0.29, 0.717) is 12.5 Å². The van der Waals surface area contributed by atoms with Crippen LogP contribution in [0.25, 0.3) is 0 Å². The minimum Gasteiger partial charge on any atom is -0.484 e. The van der Waals surface area contributed by atoms with Gasteiger partial charge in [-0.1, -0.05) is 26.0 Å². The fourth-order valence-electron chi connectivity index (χ4n) is 1.95. The number of aryl methyl sites for hydroxylation is 1. The Morgan fingerprint density at radius 1 is 1.21 bits per heavy atom. The summed E-state index contributed by atoms with van der Waals surface area (Å²) in [6.45, 7) is 4.78. The van der Waals surface area contributed by atoms with Gasteiger partial charge in [0.15, 0.2) is 0 Å². The molecule has 4 heteroatoms. The van der Waals surface area contributed by atoms with Gasteiger partial charge in [-0.2, -0.15) is 5.10 Å². The summed E-state index contributed by atoms with van der Waals surface area (Å²) in [4.78, 5) is 0. The van der Waals surface area contributed by atoms with Gasteiger partial charge in [0.2, 0.25) is 0 Å². The molecule has 4 nitrogen and oxygen atoms in total. The highest BCUT2D eigenvalue weighted by atomic mass is 16.5. The van der Waals surface area contributed by atoms with Crippen LogP contribution in [0.15, 0.2) is 36.7 Å². The third-order valence-corrected chi connectivity index (χ3v) is 3.14. The highest BCUT2D eigenvalue weighted by Crippen LogP contribution is 2.23. The summed E-state index contributed by atoms with van der Waals surface area (Å²) in [7, 11) is 1.88. The number of nitrogens with zero attached hydrogens (tertiary/aromatic N) is 2. The number of nitrogens with two attached hydrogens (primary N) is 1. The second-order valence-corrected chi connectivity index (χ2v) is 5.01. The number of rotatable bonds is 5. The zero-order valence-corrected chi connectivity index (χ0v) is 11.7. The quantitative estimate of drug-likeness (QED) is 0.898. The molecule has 1 aromatic carbocycles. The molecule has 2 N–H and O–H groups in total. The molecule has 1 atom stereocenters. The van der Waals surface area contributed by atoms with Crippen LogP contribution in [0.4, 0.5) is 0 Å². The smallest absolute Gasteiger partial charge is 0.139 e. The van der Waals surface area contributed by atoms with Crippen molar-refractivity contribution in [1.29, 1.82) is 0 Å². The number of ether oxygens (including phenoxy) is 1. The van der Waals surface area contributed by atoms with Gasteiger partial charge in [0.05, 0.1) is 6.20 Å². The molecule has 0 amide bonds. The van der Waals surface area contributed by atoms with E-state index in [-0.39, 0.29) is 6.10 Å². The van der Waals surface area contributed by atoms with Crippen LogP contribution in [0.5, 0.6) is 5.75 Å². The van der Waals surface area contributed by atoms with Crippen molar-refractivity contribution in [2.45, 2.75) is 25.9 Å². The lowest BCUT2D eigenvalue weighted by atomic mass is 10.0. The first-order chi connectivity index (χ1) is 9.10. The fraction of sp³-hybridized carbons (Fsp3) is 0.400. The maximum Gasteiger partial charge on any atom is 0.139 e. The molecule has 2 aromatic rings. The normalized spacial score (nSPS) is 12.7. The Hall–Kier alpha value is -1.81. The van der Waals surface area contributed by atoms with Gasteiger partial charge in [0.25, 0.3) is 0 Å². The number of hydrogen-bond donors (Lipinski definition) is 1. The molecule has 1 unspecified atom stereocenters. The first-order valence-electron chi connectivity index (χ1n) is 6.55. The second kappa shape index (κ2) is 5.89. The molecule has 0 radical (unpaired) electrons. The van der Waals surface area contributed by atoms with Crippen molar-refractivity contribution in [3.8, 4) is 5.75 Å². The van der Waals surface area contributed by atoms with Gasteiger partial charge in [0.1, 0.15) is 11.9 Å². The van der Waals surface area contributed by atoms with Crippen LogP contribution in [0.3, 0.4) is 0 Å². The summed E-state index contributed by atoms with van der Waals surface area (Å²) in [6, 6.07) is 8.18. The van der Waals surface area contributed by atoms with Gasteiger partial charge in [-0.15, -0.1) is 0 Å². The molecule has 2 rings (SSSR count). The Labute approximate surface area is 114 Å². The predicted molar refractivity (Wildman–Crippen MR) is 76.2 cm³/mol. The molecular weight excluding hydrogens is 238 g/mol. The van der Waals surface area contributed by atoms with Crippen LogP contribution in [0.2, 0.25) is 0 Å². The monoisotopic (exact) mass is 259 g/mol. The van der Waals surface area contributed by atoms with Crippen LogP contribution >= 0.6 is 0 Å². The third kappa shape index (κ3) is 3.35. The predicted octanol–water partition coefficient (Wildman–Crippen LogP) is 2.62. The van der Waals surface area contributed by atoms with E-state index in [4.69, 9.17) is 10.5 Å². The lowest BCUT2D eigenvalue weighted by Crippen LogP contribution is -2.18. The maximum atomic E-state index is 5.92. The van der Waals surface area contributed by atoms with Gasteiger partial charge < -0.3 is 10.5 Å². The van der Waals surface area contributed by atoms with Crippen LogP contribution in [0, 0.1) is 0 Å². The molecule has 102 valence electrons. The molecule has 0 saturated carbocycles. The first-order valence-corrected chi connectivity index (χ1v) is 6.55. The highest BCUT2D eigenvalue weighted by Gasteiger charge is 2.13. The molecule has 0 saturated heterocycles. The zero-order chi connectivity index (χ0) is 13.8. The average Bonchev–Trinajstić information content (AvgIpc) is 2.83. The molecule has 1 heterocycles. The number of aromatic nitrogens is 2. The zero-order valence-electron chi connectivity index (χ0n) is 11.7. The SMILES string of the molecule is CC(C)c1ccc(OC(CN)c2cnn(C)c2)cc1. The van der Waals surface area contributed by atoms with Crippen molar-refractivity contribution in [2.75, 3.05) is 6.54 Å². The fourth-order valence-corrected chi connectivity index (χ4v) is 1.95. The lowest BCUT2D eigenvalue weighted by molar-refractivity contribution is 0.214. The average molecular weight is 259 g/mol. The molecule has 0 aliphatic heterocycles. The van der Waals surface area contributed by atoms with E-state index in [0.717, 1.165) is 11.3 Å². The minimum absolute atomic E-state index is 0.154. The van der Waals surface area contributed by atoms with Crippen molar-refractivity contribution < 1.29 is 4.74 Å². The van der Waals surface area contributed by atoms with E-state index in [1.54, 1.807) is 10.9 Å². The van der Waals surface area contributed by atoms with Gasteiger partial charge >= 0.3 is 0 Å². The van der Waals surface area contributed by atoms with Gasteiger partial charge in [-0.25, -0.2) is 0 Å². The van der Waals surface area contributed by atoms with Crippen molar-refractivity contribution in [2.24, 2.45) is 12.8 Å². The van der Waals surface area contributed by atoms with E-state index in [9.17, 15) is 0 Å². The van der Waals surface area contributed by atoms with Gasteiger partial charge in [-0.05, 0) is 23.6 Å². The molecule has 1 aromatic heterocycles. The van der Waals surface area contributed by atoms with E-state index in [1.165, 1.54) is 5.56 Å². The number of benzene rings is 1. The van der Waals surface area contributed by atoms with Crippen LogP contribution in [0.1, 0.15) is 37.0 Å². The van der Waals surface area contributed by atoms with Gasteiger partial charge in [-0.3, -0.25) is 4.68 Å². The second-order valence-electron chi connectivity index (χ2n) is 5.01. The molecule has 0 spiro atoms. The summed E-state index contributed by atoms with van der Waals surface area (Å²) < 4.78 is 7.67. The van der Waals surface area contributed by atoms with Crippen LogP contribution < -0.4 is 10.5 Å². The van der Waals surface area contributed by atoms with E-state index in [2.05, 4.69) is 31.1 Å². The molecule has 0 aliphatic carbocycles. The third-order valence-electron chi connectivity index (χ3n) is 3.14.